The lowest BCUT2D eigenvalue weighted by atomic mass is 10.1. The van der Waals surface area contributed by atoms with Gasteiger partial charge in [0.15, 0.2) is 0 Å². The normalized spacial score (nSPS) is 12.2. The van der Waals surface area contributed by atoms with E-state index in [1.54, 1.807) is 35.4 Å². The van der Waals surface area contributed by atoms with Crippen molar-refractivity contribution in [1.29, 1.82) is 0 Å². The summed E-state index contributed by atoms with van der Waals surface area (Å²) < 4.78 is 14.0. The first-order valence-corrected chi connectivity index (χ1v) is 7.71. The first kappa shape index (κ1) is 14.5. The van der Waals surface area contributed by atoms with Gasteiger partial charge in [-0.3, -0.25) is 4.79 Å². The molecule has 0 bridgehead atoms. The Morgan fingerprint density at radius 3 is 2.53 bits per heavy atom. The maximum Gasteiger partial charge on any atom is 0.254 e. The largest absolute Gasteiger partial charge is 0.335 e. The molecule has 1 aromatic heterocycles. The highest BCUT2D eigenvalue weighted by molar-refractivity contribution is 14.1. The average Bonchev–Trinajstić information content (AvgIpc) is 2.84. The van der Waals surface area contributed by atoms with Crippen molar-refractivity contribution in [2.45, 2.75) is 13.0 Å². The summed E-state index contributed by atoms with van der Waals surface area (Å²) in [5.41, 5.74) is 1.62. The fraction of sp³-hybridized carbons (Fsp3) is 0.214. The number of nitrogens with zero attached hydrogens (tertiary/aromatic N) is 1. The van der Waals surface area contributed by atoms with Crippen molar-refractivity contribution < 1.29 is 9.18 Å². The van der Waals surface area contributed by atoms with E-state index in [0.29, 0.717) is 5.56 Å². The van der Waals surface area contributed by atoms with Crippen molar-refractivity contribution in [3.8, 4) is 0 Å². The minimum atomic E-state index is -0.266. The minimum Gasteiger partial charge on any atom is -0.335 e. The molecule has 0 aliphatic carbocycles. The third-order valence-corrected chi connectivity index (χ3v) is 4.86. The summed E-state index contributed by atoms with van der Waals surface area (Å²) in [6.07, 6.45) is 0. The van der Waals surface area contributed by atoms with Crippen molar-refractivity contribution in [3.63, 3.8) is 0 Å². The predicted octanol–water partition coefficient (Wildman–Crippen LogP) is 4.33. The second-order valence-electron chi connectivity index (χ2n) is 4.28. The maximum absolute atomic E-state index is 12.9. The second kappa shape index (κ2) is 6.00. The predicted molar refractivity (Wildman–Crippen MR) is 83.9 cm³/mol. The highest BCUT2D eigenvalue weighted by Crippen LogP contribution is 2.23. The lowest BCUT2D eigenvalue weighted by Gasteiger charge is -2.25. The van der Waals surface area contributed by atoms with Crippen LogP contribution < -0.4 is 0 Å². The van der Waals surface area contributed by atoms with Crippen LogP contribution in [0.2, 0.25) is 0 Å². The van der Waals surface area contributed by atoms with Gasteiger partial charge in [0.25, 0.3) is 5.91 Å². The molecule has 2 aromatic rings. The molecule has 1 aromatic carbocycles. The molecule has 1 heterocycles. The van der Waals surface area contributed by atoms with Crippen LogP contribution >= 0.6 is 33.9 Å². The lowest BCUT2D eigenvalue weighted by Crippen LogP contribution is -2.29. The zero-order chi connectivity index (χ0) is 14.0. The number of hydrogen-bond acceptors (Lipinski definition) is 2. The van der Waals surface area contributed by atoms with Crippen LogP contribution in [0.25, 0.3) is 0 Å². The zero-order valence-electron chi connectivity index (χ0n) is 10.6. The number of halogens is 2. The second-order valence-corrected chi connectivity index (χ2v) is 7.09. The van der Waals surface area contributed by atoms with Gasteiger partial charge in [-0.2, -0.15) is 0 Å². The van der Waals surface area contributed by atoms with Crippen molar-refractivity contribution >= 4 is 39.8 Å². The van der Waals surface area contributed by atoms with E-state index in [1.807, 2.05) is 18.4 Å². The number of carbonyl (C=O) groups is 1. The van der Waals surface area contributed by atoms with Gasteiger partial charge in [0.2, 0.25) is 0 Å². The van der Waals surface area contributed by atoms with Gasteiger partial charge >= 0.3 is 0 Å². The van der Waals surface area contributed by atoms with Crippen molar-refractivity contribution in [1.82, 2.24) is 4.90 Å². The Kier molecular flexibility index (Phi) is 4.57. The van der Waals surface area contributed by atoms with Crippen molar-refractivity contribution in [2.24, 2.45) is 0 Å². The molecule has 0 aliphatic rings. The molecule has 5 heteroatoms. The van der Waals surface area contributed by atoms with Crippen LogP contribution in [-0.4, -0.2) is 17.9 Å². The Bertz CT molecular complexity index is 581. The van der Waals surface area contributed by atoms with Gasteiger partial charge in [0, 0.05) is 12.4 Å². The molecule has 100 valence electrons. The van der Waals surface area contributed by atoms with E-state index in [1.165, 1.54) is 12.1 Å². The molecule has 2 nitrogen and oxygen atoms in total. The molecule has 1 atom stereocenters. The van der Waals surface area contributed by atoms with Crippen LogP contribution in [0.5, 0.6) is 0 Å². The Labute approximate surface area is 129 Å². The van der Waals surface area contributed by atoms with E-state index in [4.69, 9.17) is 0 Å². The first-order valence-electron chi connectivity index (χ1n) is 5.75. The third-order valence-electron chi connectivity index (χ3n) is 3.07. The minimum absolute atomic E-state index is 0.0176. The molecule has 0 fully saturated rings. The fourth-order valence-electron chi connectivity index (χ4n) is 1.77. The Morgan fingerprint density at radius 1 is 1.37 bits per heavy atom. The molecule has 0 N–H and O–H groups in total. The number of carbonyl (C=O) groups excluding carboxylic acids is 1. The summed E-state index contributed by atoms with van der Waals surface area (Å²) in [5.74, 6) is -0.284. The summed E-state index contributed by atoms with van der Waals surface area (Å²) in [5, 5.41) is 1.86. The van der Waals surface area contributed by atoms with E-state index >= 15 is 0 Å². The number of hydrogen-bond donors (Lipinski definition) is 0. The smallest absolute Gasteiger partial charge is 0.254 e. The van der Waals surface area contributed by atoms with Crippen LogP contribution in [-0.2, 0) is 0 Å². The monoisotopic (exact) mass is 389 g/mol. The summed E-state index contributed by atoms with van der Waals surface area (Å²) in [7, 11) is 1.76. The number of benzene rings is 1. The van der Waals surface area contributed by atoms with Crippen LogP contribution in [0.4, 0.5) is 4.39 Å². The first-order chi connectivity index (χ1) is 8.99. The van der Waals surface area contributed by atoms with E-state index in [-0.39, 0.29) is 17.8 Å². The van der Waals surface area contributed by atoms with Crippen LogP contribution in [0.3, 0.4) is 0 Å². The maximum atomic E-state index is 12.9. The molecule has 0 aliphatic heterocycles. The lowest BCUT2D eigenvalue weighted by molar-refractivity contribution is 0.0743. The quantitative estimate of drug-likeness (QED) is 0.716. The molecule has 1 unspecified atom stereocenters. The van der Waals surface area contributed by atoms with Crippen LogP contribution in [0, 0.1) is 8.70 Å². The SMILES string of the molecule is CC(c1ccc(F)cc1)N(C)C(=O)c1csc(I)c1. The highest BCUT2D eigenvalue weighted by Gasteiger charge is 2.19. The summed E-state index contributed by atoms with van der Waals surface area (Å²) in [6, 6.07) is 8.03. The highest BCUT2D eigenvalue weighted by atomic mass is 127. The van der Waals surface area contributed by atoms with Gasteiger partial charge in [0.1, 0.15) is 5.82 Å². The van der Waals surface area contributed by atoms with Gasteiger partial charge < -0.3 is 4.90 Å². The van der Waals surface area contributed by atoms with Crippen molar-refractivity contribution in [3.05, 3.63) is 55.5 Å². The molecule has 0 saturated carbocycles. The molecule has 2 rings (SSSR count). The number of amides is 1. The van der Waals surface area contributed by atoms with Crippen molar-refractivity contribution in [2.75, 3.05) is 7.05 Å². The molecule has 1 amide bonds. The van der Waals surface area contributed by atoms with Gasteiger partial charge in [-0.15, -0.1) is 11.3 Å². The van der Waals surface area contributed by atoms with Gasteiger partial charge in [0.05, 0.1) is 14.5 Å². The van der Waals surface area contributed by atoms with E-state index in [9.17, 15) is 9.18 Å². The molecule has 0 saturated heterocycles. The number of thiophene rings is 1. The summed E-state index contributed by atoms with van der Waals surface area (Å²) in [6.45, 7) is 1.93. The van der Waals surface area contributed by atoms with E-state index < -0.39 is 0 Å². The van der Waals surface area contributed by atoms with E-state index in [2.05, 4.69) is 22.6 Å². The molecule has 0 spiro atoms. The summed E-state index contributed by atoms with van der Waals surface area (Å²) >= 11 is 3.75. The third kappa shape index (κ3) is 3.33. The average molecular weight is 389 g/mol. The standard InChI is InChI=1S/C14H13FINOS/c1-9(10-3-5-12(15)6-4-10)17(2)14(18)11-7-13(16)19-8-11/h3-9H,1-2H3. The number of rotatable bonds is 3. The van der Waals surface area contributed by atoms with E-state index in [0.717, 1.165) is 8.45 Å². The Hall–Kier alpha value is -0.950. The van der Waals surface area contributed by atoms with Crippen LogP contribution in [0.1, 0.15) is 28.9 Å². The Balaban J connectivity index is 2.16. The Morgan fingerprint density at radius 2 is 2.00 bits per heavy atom. The van der Waals surface area contributed by atoms with Gasteiger partial charge in [-0.05, 0) is 53.3 Å². The molecular formula is C14H13FINOS. The molecule has 19 heavy (non-hydrogen) atoms. The topological polar surface area (TPSA) is 20.3 Å². The molecular weight excluding hydrogens is 376 g/mol. The summed E-state index contributed by atoms with van der Waals surface area (Å²) in [4.78, 5) is 14.0. The fourth-order valence-corrected chi connectivity index (χ4v) is 3.09. The molecule has 0 radical (unpaired) electrons. The van der Waals surface area contributed by atoms with Crippen LogP contribution in [0.15, 0.2) is 35.7 Å². The van der Waals surface area contributed by atoms with Gasteiger partial charge in [-0.1, -0.05) is 12.1 Å². The zero-order valence-corrected chi connectivity index (χ0v) is 13.5. The van der Waals surface area contributed by atoms with Gasteiger partial charge in [-0.25, -0.2) is 4.39 Å².